The number of thioether (sulfide) groups is 1. The minimum absolute atomic E-state index is 0.0123. The van der Waals surface area contributed by atoms with Crippen molar-refractivity contribution in [2.45, 2.75) is 75.2 Å². The number of hydrogen-bond donors (Lipinski definition) is 0. The molecule has 3 nitrogen and oxygen atoms in total. The highest BCUT2D eigenvalue weighted by atomic mass is 32.2. The Balaban J connectivity index is 2.00. The molecule has 0 unspecified atom stereocenters. The number of hydrogen-bond acceptors (Lipinski definition) is 4. The molecule has 4 heteroatoms. The largest absolute Gasteiger partial charge is 0.549 e. The molecular formula is C20H27O3S-. The van der Waals surface area contributed by atoms with Gasteiger partial charge in [0.25, 0.3) is 0 Å². The minimum Gasteiger partial charge on any atom is -0.549 e. The van der Waals surface area contributed by atoms with Crippen LogP contribution in [0.1, 0.15) is 75.2 Å². The number of carbonyl (C=O) groups is 2. The monoisotopic (exact) mass is 347 g/mol. The van der Waals surface area contributed by atoms with E-state index in [1.165, 1.54) is 18.2 Å². The van der Waals surface area contributed by atoms with Crippen molar-refractivity contribution in [1.82, 2.24) is 0 Å². The second kappa shape index (κ2) is 8.19. The van der Waals surface area contributed by atoms with E-state index in [2.05, 4.69) is 20.8 Å². The summed E-state index contributed by atoms with van der Waals surface area (Å²) in [5.74, 6) is -1.24. The third kappa shape index (κ3) is 5.37. The molecule has 132 valence electrons. The maximum atomic E-state index is 12.5. The van der Waals surface area contributed by atoms with Gasteiger partial charge in [-0.1, -0.05) is 64.3 Å². The van der Waals surface area contributed by atoms with Gasteiger partial charge < -0.3 is 9.90 Å². The number of carboxylic acids is 1. The molecule has 1 saturated carbocycles. The second-order valence-electron chi connectivity index (χ2n) is 7.66. The number of Topliss-reactive ketones (excluding diaryl/α,β-unsaturated/α-hetero) is 1. The first-order valence-corrected chi connectivity index (χ1v) is 9.71. The molecule has 2 rings (SSSR count). The molecule has 0 aromatic heterocycles. The van der Waals surface area contributed by atoms with Gasteiger partial charge in [-0.2, -0.15) is 0 Å². The third-order valence-corrected chi connectivity index (χ3v) is 6.16. The number of ketones is 1. The van der Waals surface area contributed by atoms with Crippen molar-refractivity contribution in [1.29, 1.82) is 0 Å². The zero-order chi connectivity index (χ0) is 17.7. The van der Waals surface area contributed by atoms with Crippen molar-refractivity contribution in [3.8, 4) is 0 Å². The molecule has 0 radical (unpaired) electrons. The van der Waals surface area contributed by atoms with Crippen molar-refractivity contribution in [2.75, 3.05) is 0 Å². The number of aliphatic carboxylic acids is 1. The van der Waals surface area contributed by atoms with Crippen LogP contribution in [0, 0.1) is 0 Å². The summed E-state index contributed by atoms with van der Waals surface area (Å²) in [6.07, 6.45) is 5.63. The molecule has 1 aliphatic rings. The van der Waals surface area contributed by atoms with E-state index >= 15 is 0 Å². The Hall–Kier alpha value is -1.29. The maximum absolute atomic E-state index is 12.5. The predicted molar refractivity (Wildman–Crippen MR) is 97.3 cm³/mol. The highest BCUT2D eigenvalue weighted by Gasteiger charge is 2.23. The van der Waals surface area contributed by atoms with Gasteiger partial charge in [0.15, 0.2) is 5.78 Å². The topological polar surface area (TPSA) is 57.2 Å². The van der Waals surface area contributed by atoms with E-state index in [1.807, 2.05) is 12.1 Å². The first-order valence-electron chi connectivity index (χ1n) is 8.77. The van der Waals surface area contributed by atoms with Crippen molar-refractivity contribution in [3.63, 3.8) is 0 Å². The molecule has 1 atom stereocenters. The lowest BCUT2D eigenvalue weighted by molar-refractivity contribution is -0.304. The predicted octanol–water partition coefficient (Wildman–Crippen LogP) is 3.74. The van der Waals surface area contributed by atoms with Crippen molar-refractivity contribution >= 4 is 23.5 Å². The van der Waals surface area contributed by atoms with Crippen LogP contribution in [0.2, 0.25) is 0 Å². The maximum Gasteiger partial charge on any atom is 0.164 e. The molecule has 0 spiro atoms. The summed E-state index contributed by atoms with van der Waals surface area (Å²) in [5, 5.41) is 11.0. The molecule has 0 bridgehead atoms. The SMILES string of the molecule is CC(C)(C)c1ccc(C(=O)C[C@H](SC2CCCCC2)C(=O)[O-])cc1. The summed E-state index contributed by atoms with van der Waals surface area (Å²) in [5.41, 5.74) is 1.77. The molecule has 0 saturated heterocycles. The normalized spacial score (nSPS) is 17.5. The van der Waals surface area contributed by atoms with Crippen LogP contribution < -0.4 is 5.11 Å². The van der Waals surface area contributed by atoms with Crippen LogP contribution in [0.5, 0.6) is 0 Å². The van der Waals surface area contributed by atoms with E-state index in [0.717, 1.165) is 31.2 Å². The third-order valence-electron chi connectivity index (χ3n) is 4.62. The zero-order valence-corrected chi connectivity index (χ0v) is 15.7. The lowest BCUT2D eigenvalue weighted by Crippen LogP contribution is -2.36. The van der Waals surface area contributed by atoms with Crippen LogP contribution in [0.3, 0.4) is 0 Å². The van der Waals surface area contributed by atoms with Crippen LogP contribution in [-0.2, 0) is 10.2 Å². The summed E-state index contributed by atoms with van der Waals surface area (Å²) in [4.78, 5) is 23.9. The Labute approximate surface area is 149 Å². The lowest BCUT2D eigenvalue weighted by atomic mass is 9.86. The standard InChI is InChI=1S/C20H28O3S/c1-20(2,3)15-11-9-14(10-12-15)17(21)13-18(19(22)23)24-16-7-5-4-6-8-16/h9-12,16,18H,4-8,13H2,1-3H3,(H,22,23)/p-1/t18-/m0/s1. The molecule has 0 heterocycles. The summed E-state index contributed by atoms with van der Waals surface area (Å²) < 4.78 is 0. The molecule has 1 aromatic rings. The van der Waals surface area contributed by atoms with Gasteiger partial charge in [-0.15, -0.1) is 11.8 Å². The Morgan fingerprint density at radius 3 is 2.21 bits per heavy atom. The van der Waals surface area contributed by atoms with Gasteiger partial charge in [0.2, 0.25) is 0 Å². The number of rotatable bonds is 6. The average Bonchev–Trinajstić information content (AvgIpc) is 2.54. The second-order valence-corrected chi connectivity index (χ2v) is 9.17. The molecule has 1 aromatic carbocycles. The summed E-state index contributed by atoms with van der Waals surface area (Å²) in [7, 11) is 0. The first kappa shape index (κ1) is 19.0. The Kier molecular flexibility index (Phi) is 6.50. The van der Waals surface area contributed by atoms with E-state index in [9.17, 15) is 14.7 Å². The van der Waals surface area contributed by atoms with Gasteiger partial charge >= 0.3 is 0 Å². The van der Waals surface area contributed by atoms with Crippen LogP contribution in [0.25, 0.3) is 0 Å². The summed E-state index contributed by atoms with van der Waals surface area (Å²) >= 11 is 1.42. The molecule has 1 fully saturated rings. The van der Waals surface area contributed by atoms with E-state index in [-0.39, 0.29) is 17.6 Å². The Morgan fingerprint density at radius 2 is 1.71 bits per heavy atom. The average molecular weight is 348 g/mol. The smallest absolute Gasteiger partial charge is 0.164 e. The van der Waals surface area contributed by atoms with Crippen molar-refractivity contribution in [3.05, 3.63) is 35.4 Å². The Bertz CT molecular complexity index is 566. The van der Waals surface area contributed by atoms with Gasteiger partial charge in [0.1, 0.15) is 0 Å². The molecule has 24 heavy (non-hydrogen) atoms. The molecule has 0 aliphatic heterocycles. The van der Waals surface area contributed by atoms with Crippen LogP contribution in [0.15, 0.2) is 24.3 Å². The van der Waals surface area contributed by atoms with Gasteiger partial charge in [-0.3, -0.25) is 4.79 Å². The fourth-order valence-electron chi connectivity index (χ4n) is 3.06. The number of benzene rings is 1. The summed E-state index contributed by atoms with van der Waals surface area (Å²) in [6, 6.07) is 7.52. The lowest BCUT2D eigenvalue weighted by Gasteiger charge is -2.26. The van der Waals surface area contributed by atoms with E-state index in [1.54, 1.807) is 12.1 Å². The van der Waals surface area contributed by atoms with E-state index in [0.29, 0.717) is 10.8 Å². The van der Waals surface area contributed by atoms with Gasteiger partial charge in [0, 0.05) is 17.2 Å². The van der Waals surface area contributed by atoms with Gasteiger partial charge in [-0.25, -0.2) is 0 Å². The molecule has 0 N–H and O–H groups in total. The van der Waals surface area contributed by atoms with Crippen molar-refractivity contribution < 1.29 is 14.7 Å². The fraction of sp³-hybridized carbons (Fsp3) is 0.600. The van der Waals surface area contributed by atoms with Crippen LogP contribution in [0.4, 0.5) is 0 Å². The van der Waals surface area contributed by atoms with Crippen molar-refractivity contribution in [2.24, 2.45) is 0 Å². The quantitative estimate of drug-likeness (QED) is 0.736. The minimum atomic E-state index is -1.12. The molecule has 0 amide bonds. The van der Waals surface area contributed by atoms with E-state index in [4.69, 9.17) is 0 Å². The van der Waals surface area contributed by atoms with Crippen LogP contribution >= 0.6 is 11.8 Å². The van der Waals surface area contributed by atoms with Gasteiger partial charge in [0.05, 0.1) is 11.2 Å². The highest BCUT2D eigenvalue weighted by Crippen LogP contribution is 2.32. The van der Waals surface area contributed by atoms with Crippen LogP contribution in [-0.4, -0.2) is 22.3 Å². The van der Waals surface area contributed by atoms with E-state index < -0.39 is 11.2 Å². The Morgan fingerprint density at radius 1 is 1.12 bits per heavy atom. The molecular weight excluding hydrogens is 320 g/mol. The highest BCUT2D eigenvalue weighted by molar-refractivity contribution is 8.01. The van der Waals surface area contributed by atoms with Gasteiger partial charge in [-0.05, 0) is 23.8 Å². The number of carbonyl (C=O) groups excluding carboxylic acids is 2. The zero-order valence-electron chi connectivity index (χ0n) is 14.8. The summed E-state index contributed by atoms with van der Waals surface area (Å²) in [6.45, 7) is 6.37. The fourth-order valence-corrected chi connectivity index (χ4v) is 4.49. The molecule has 1 aliphatic carbocycles. The number of carboxylic acid groups (broad SMARTS) is 1. The first-order chi connectivity index (χ1) is 11.3.